The Hall–Kier alpha value is -2.70. The molecule has 0 heterocycles. The first kappa shape index (κ1) is 27.5. The minimum atomic E-state index is -3.72. The third-order valence-corrected chi connectivity index (χ3v) is 6.81. The van der Waals surface area contributed by atoms with Crippen molar-refractivity contribution in [1.29, 1.82) is 0 Å². The zero-order valence-electron chi connectivity index (χ0n) is 20.0. The molecule has 0 aromatic heterocycles. The highest BCUT2D eigenvalue weighted by molar-refractivity contribution is 7.85. The minimum absolute atomic E-state index is 0. The maximum Gasteiger partial charge on any atom is 0.264 e. The molecule has 0 bridgehead atoms. The third-order valence-electron chi connectivity index (χ3n) is 6.01. The first-order valence-corrected chi connectivity index (χ1v) is 13.3. The zero-order valence-corrected chi connectivity index (χ0v) is 20.8. The summed E-state index contributed by atoms with van der Waals surface area (Å²) < 4.78 is 34.2. The minimum Gasteiger partial charge on any atom is -0.497 e. The summed E-state index contributed by atoms with van der Waals surface area (Å²) in [4.78, 5) is 0. The molecule has 0 atom stereocenters. The van der Waals surface area contributed by atoms with Gasteiger partial charge in [-0.25, -0.2) is 0 Å². The molecule has 0 radical (unpaired) electrons. The number of hydrogen-bond donors (Lipinski definition) is 1. The van der Waals surface area contributed by atoms with Crippen LogP contribution in [0.4, 0.5) is 4.70 Å². The highest BCUT2D eigenvalue weighted by Crippen LogP contribution is 2.41. The molecule has 3 aromatic carbocycles. The number of benzene rings is 3. The van der Waals surface area contributed by atoms with Crippen molar-refractivity contribution >= 4 is 10.1 Å². The number of halogens is 1. The monoisotopic (exact) mass is 486 g/mol. The molecule has 1 N–H and O–H groups in total. The summed E-state index contributed by atoms with van der Waals surface area (Å²) in [5, 5.41) is 0. The molecule has 4 rings (SSSR count). The van der Waals surface area contributed by atoms with Gasteiger partial charge in [0, 0.05) is 0 Å². The number of methoxy groups -OCH3 is 1. The van der Waals surface area contributed by atoms with E-state index in [2.05, 4.69) is 61.5 Å². The summed E-state index contributed by atoms with van der Waals surface area (Å²) in [7, 11) is -2.02. The Morgan fingerprint density at radius 3 is 2.09 bits per heavy atom. The number of hydrogen-bond acceptors (Lipinski definition) is 3. The highest BCUT2D eigenvalue weighted by atomic mass is 32.2. The van der Waals surface area contributed by atoms with Gasteiger partial charge in [-0.15, -0.1) is 0 Å². The molecule has 0 spiro atoms. The molecule has 1 aliphatic rings. The first-order valence-electron chi connectivity index (χ1n) is 11.7. The van der Waals surface area contributed by atoms with Gasteiger partial charge in [-0.05, 0) is 58.4 Å². The number of unbranched alkanes of at least 4 members (excludes halogenated alkanes) is 5. The van der Waals surface area contributed by atoms with Crippen molar-refractivity contribution in [2.45, 2.75) is 51.9 Å². The van der Waals surface area contributed by atoms with E-state index in [4.69, 9.17) is 9.29 Å². The van der Waals surface area contributed by atoms with Gasteiger partial charge in [-0.1, -0.05) is 93.6 Å². The number of rotatable bonds is 9. The Kier molecular flexibility index (Phi) is 10.7. The SMILES string of the molecule is CCCCCCCCS(=O)(=O)O.COc1ccc(-c2cccc3c2Cc2ccccc2-3)cc1.F. The van der Waals surface area contributed by atoms with E-state index in [1.54, 1.807) is 7.11 Å². The Balaban J connectivity index is 0.000000274. The van der Waals surface area contributed by atoms with Gasteiger partial charge >= 0.3 is 0 Å². The first-order chi connectivity index (χ1) is 15.9. The molecule has 0 saturated heterocycles. The van der Waals surface area contributed by atoms with E-state index >= 15 is 0 Å². The second-order valence-corrected chi connectivity index (χ2v) is 10.0. The van der Waals surface area contributed by atoms with Gasteiger partial charge in [-0.2, -0.15) is 8.42 Å². The van der Waals surface area contributed by atoms with Crippen LogP contribution in [0.15, 0.2) is 66.7 Å². The van der Waals surface area contributed by atoms with Crippen LogP contribution in [-0.4, -0.2) is 25.8 Å². The molecule has 184 valence electrons. The van der Waals surface area contributed by atoms with Crippen LogP contribution in [0.25, 0.3) is 22.3 Å². The second kappa shape index (κ2) is 13.3. The molecule has 1 aliphatic carbocycles. The Morgan fingerprint density at radius 1 is 0.794 bits per heavy atom. The Bertz CT molecular complexity index is 1140. The average Bonchev–Trinajstić information content (AvgIpc) is 3.20. The van der Waals surface area contributed by atoms with Gasteiger partial charge in [0.05, 0.1) is 12.9 Å². The van der Waals surface area contributed by atoms with Crippen LogP contribution in [0, 0.1) is 0 Å². The van der Waals surface area contributed by atoms with Gasteiger partial charge in [0.25, 0.3) is 10.1 Å². The van der Waals surface area contributed by atoms with Crippen molar-refractivity contribution in [2.75, 3.05) is 12.9 Å². The van der Waals surface area contributed by atoms with Crippen molar-refractivity contribution in [3.8, 4) is 28.0 Å². The molecule has 3 aromatic rings. The van der Waals surface area contributed by atoms with E-state index in [1.807, 2.05) is 12.1 Å². The van der Waals surface area contributed by atoms with Crippen molar-refractivity contribution in [3.63, 3.8) is 0 Å². The lowest BCUT2D eigenvalue weighted by Crippen LogP contribution is -2.03. The van der Waals surface area contributed by atoms with Crippen LogP contribution in [0.1, 0.15) is 56.6 Å². The van der Waals surface area contributed by atoms with Crippen LogP contribution in [0.3, 0.4) is 0 Å². The van der Waals surface area contributed by atoms with Gasteiger partial charge in [0.1, 0.15) is 5.75 Å². The van der Waals surface area contributed by atoms with Gasteiger partial charge in [0.15, 0.2) is 0 Å². The van der Waals surface area contributed by atoms with Crippen LogP contribution < -0.4 is 4.74 Å². The van der Waals surface area contributed by atoms with E-state index < -0.39 is 10.1 Å². The lowest BCUT2D eigenvalue weighted by molar-refractivity contribution is 0.415. The second-order valence-electron chi connectivity index (χ2n) is 8.45. The topological polar surface area (TPSA) is 63.6 Å². The number of ether oxygens (including phenoxy) is 1. The molecule has 0 unspecified atom stereocenters. The summed E-state index contributed by atoms with van der Waals surface area (Å²) >= 11 is 0. The van der Waals surface area contributed by atoms with Crippen molar-refractivity contribution in [1.82, 2.24) is 0 Å². The van der Waals surface area contributed by atoms with Crippen LogP contribution in [0.5, 0.6) is 5.75 Å². The predicted molar refractivity (Wildman–Crippen MR) is 139 cm³/mol. The lowest BCUT2D eigenvalue weighted by atomic mass is 9.96. The maximum absolute atomic E-state index is 10.3. The smallest absolute Gasteiger partial charge is 0.264 e. The van der Waals surface area contributed by atoms with Crippen molar-refractivity contribution in [2.24, 2.45) is 0 Å². The van der Waals surface area contributed by atoms with Crippen LogP contribution in [0.2, 0.25) is 0 Å². The molecule has 6 heteroatoms. The van der Waals surface area contributed by atoms with E-state index in [1.165, 1.54) is 52.6 Å². The Morgan fingerprint density at radius 2 is 1.41 bits per heavy atom. The van der Waals surface area contributed by atoms with Gasteiger partial charge in [-0.3, -0.25) is 9.26 Å². The fourth-order valence-corrected chi connectivity index (χ4v) is 4.83. The molecule has 0 fully saturated rings. The summed E-state index contributed by atoms with van der Waals surface area (Å²) in [6.45, 7) is 2.14. The van der Waals surface area contributed by atoms with Crippen LogP contribution >= 0.6 is 0 Å². The van der Waals surface area contributed by atoms with Crippen LogP contribution in [-0.2, 0) is 16.5 Å². The number of fused-ring (bicyclic) bond motifs is 3. The highest BCUT2D eigenvalue weighted by Gasteiger charge is 2.20. The maximum atomic E-state index is 10.3. The van der Waals surface area contributed by atoms with Gasteiger partial charge < -0.3 is 4.74 Å². The summed E-state index contributed by atoms with van der Waals surface area (Å²) in [5.41, 5.74) is 8.19. The van der Waals surface area contributed by atoms with E-state index in [9.17, 15) is 8.42 Å². The Labute approximate surface area is 203 Å². The molecule has 0 aliphatic heterocycles. The van der Waals surface area contributed by atoms with E-state index in [-0.39, 0.29) is 10.5 Å². The molecule has 0 saturated carbocycles. The molecular formula is C28H35FO4S. The summed E-state index contributed by atoms with van der Waals surface area (Å²) in [5.74, 6) is 0.814. The van der Waals surface area contributed by atoms with E-state index in [0.29, 0.717) is 6.42 Å². The van der Waals surface area contributed by atoms with Crippen molar-refractivity contribution < 1.29 is 22.4 Å². The zero-order chi connectivity index (χ0) is 23.7. The molecular weight excluding hydrogens is 451 g/mol. The molecule has 0 amide bonds. The molecule has 4 nitrogen and oxygen atoms in total. The normalized spacial score (nSPS) is 11.5. The predicted octanol–water partition coefficient (Wildman–Crippen LogP) is 7.32. The summed E-state index contributed by atoms with van der Waals surface area (Å²) in [6.07, 6.45) is 7.16. The standard InChI is InChI=1S/C20H16O.C8H18O3S.FH/c1-21-16-11-9-14(10-12-16)17-7-4-8-19-18-6-3-2-5-15(18)13-20(17)19;1-2-3-4-5-6-7-8-12(9,10)11;/h2-12H,13H2,1H3;2-8H2,1H3,(H,9,10,11);1H. The quantitative estimate of drug-likeness (QED) is 0.199. The third kappa shape index (κ3) is 7.67. The average molecular weight is 487 g/mol. The van der Waals surface area contributed by atoms with Gasteiger partial charge in [0.2, 0.25) is 0 Å². The molecule has 34 heavy (non-hydrogen) atoms. The summed E-state index contributed by atoms with van der Waals surface area (Å²) in [6, 6.07) is 23.6. The lowest BCUT2D eigenvalue weighted by Gasteiger charge is -2.09. The fraction of sp³-hybridized carbons (Fsp3) is 0.357. The van der Waals surface area contributed by atoms with E-state index in [0.717, 1.165) is 25.0 Å². The van der Waals surface area contributed by atoms with Crippen molar-refractivity contribution in [3.05, 3.63) is 77.9 Å². The largest absolute Gasteiger partial charge is 0.497 e. The fourth-order valence-electron chi connectivity index (χ4n) is 4.26.